The van der Waals surface area contributed by atoms with Crippen LogP contribution in [0.5, 0.6) is 0 Å². The molecule has 0 bridgehead atoms. The Morgan fingerprint density at radius 1 is 0.750 bits per heavy atom. The molecule has 0 saturated carbocycles. The average Bonchev–Trinajstić information content (AvgIpc) is 2.48. The van der Waals surface area contributed by atoms with Crippen molar-refractivity contribution in [2.45, 2.75) is 6.92 Å². The van der Waals surface area contributed by atoms with Crippen LogP contribution in [0.15, 0.2) is 60.7 Å². The van der Waals surface area contributed by atoms with Gasteiger partial charge in [-0.05, 0) is 12.5 Å². The molecule has 0 radical (unpaired) electrons. The summed E-state index contributed by atoms with van der Waals surface area (Å²) in [5.41, 5.74) is 6.22. The molecule has 0 aliphatic heterocycles. The van der Waals surface area contributed by atoms with Crippen LogP contribution in [0.25, 0.3) is 22.4 Å². The Kier molecular flexibility index (Phi) is 3.34. The molecule has 0 saturated heterocycles. The Hall–Kier alpha value is -2.42. The molecule has 0 spiro atoms. The molecular formula is C17H15BN2. The van der Waals surface area contributed by atoms with Gasteiger partial charge in [-0.3, -0.25) is 0 Å². The first-order valence-electron chi connectivity index (χ1n) is 6.72. The quantitative estimate of drug-likeness (QED) is 0.659. The van der Waals surface area contributed by atoms with E-state index in [0.29, 0.717) is 0 Å². The molecule has 96 valence electrons. The van der Waals surface area contributed by atoms with Gasteiger partial charge >= 0.3 is 0 Å². The van der Waals surface area contributed by atoms with Crippen molar-refractivity contribution < 1.29 is 0 Å². The third-order valence-electron chi connectivity index (χ3n) is 3.31. The van der Waals surface area contributed by atoms with Crippen molar-refractivity contribution in [1.29, 1.82) is 0 Å². The van der Waals surface area contributed by atoms with Crippen molar-refractivity contribution in [3.63, 3.8) is 0 Å². The van der Waals surface area contributed by atoms with Crippen LogP contribution in [0, 0.1) is 6.92 Å². The predicted octanol–water partition coefficient (Wildman–Crippen LogP) is 2.38. The van der Waals surface area contributed by atoms with E-state index in [1.54, 1.807) is 0 Å². The second-order valence-corrected chi connectivity index (χ2v) is 4.81. The van der Waals surface area contributed by atoms with Crippen LogP contribution < -0.4 is 5.72 Å². The molecule has 3 heteroatoms. The second kappa shape index (κ2) is 5.29. The molecule has 2 aromatic carbocycles. The summed E-state index contributed by atoms with van der Waals surface area (Å²) < 4.78 is 0. The number of aryl methyl sites for hydroxylation is 1. The molecule has 3 aromatic rings. The Morgan fingerprint density at radius 2 is 1.30 bits per heavy atom. The summed E-state index contributed by atoms with van der Waals surface area (Å²) >= 11 is 0. The SMILES string of the molecule is Bc1nc(C)c(-c2ccccc2)c(-c2ccccc2)n1. The molecule has 0 aliphatic carbocycles. The highest BCUT2D eigenvalue weighted by Crippen LogP contribution is 2.31. The van der Waals surface area contributed by atoms with Gasteiger partial charge in [-0.1, -0.05) is 60.7 Å². The third kappa shape index (κ3) is 2.35. The minimum absolute atomic E-state index is 0.807. The fraction of sp³-hybridized carbons (Fsp3) is 0.0588. The number of hydrogen-bond donors (Lipinski definition) is 0. The van der Waals surface area contributed by atoms with Gasteiger partial charge in [-0.2, -0.15) is 0 Å². The minimum Gasteiger partial charge on any atom is -0.249 e. The maximum atomic E-state index is 4.67. The van der Waals surface area contributed by atoms with Gasteiger partial charge in [-0.25, -0.2) is 9.97 Å². The van der Waals surface area contributed by atoms with Crippen molar-refractivity contribution >= 4 is 13.6 Å². The molecular weight excluding hydrogens is 243 g/mol. The fourth-order valence-electron chi connectivity index (χ4n) is 2.47. The Morgan fingerprint density at radius 3 is 1.90 bits per heavy atom. The molecule has 0 atom stereocenters. The zero-order valence-electron chi connectivity index (χ0n) is 11.7. The lowest BCUT2D eigenvalue weighted by molar-refractivity contribution is 1.16. The van der Waals surface area contributed by atoms with E-state index in [2.05, 4.69) is 34.2 Å². The summed E-state index contributed by atoms with van der Waals surface area (Å²) in [5.74, 6) is 0. The monoisotopic (exact) mass is 258 g/mol. The first kappa shape index (κ1) is 12.6. The van der Waals surface area contributed by atoms with E-state index in [4.69, 9.17) is 0 Å². The lowest BCUT2D eigenvalue weighted by Gasteiger charge is -2.13. The average molecular weight is 258 g/mol. The number of aromatic nitrogens is 2. The highest BCUT2D eigenvalue weighted by atomic mass is 14.9. The molecule has 3 rings (SSSR count). The maximum Gasteiger partial charge on any atom is 0.189 e. The molecule has 1 aromatic heterocycles. The molecule has 0 N–H and O–H groups in total. The van der Waals surface area contributed by atoms with Crippen LogP contribution in [-0.4, -0.2) is 17.8 Å². The van der Waals surface area contributed by atoms with Gasteiger partial charge in [0, 0.05) is 16.8 Å². The third-order valence-corrected chi connectivity index (χ3v) is 3.31. The van der Waals surface area contributed by atoms with Crippen molar-refractivity contribution in [3.05, 3.63) is 66.4 Å². The van der Waals surface area contributed by atoms with E-state index in [0.717, 1.165) is 33.8 Å². The van der Waals surface area contributed by atoms with Crippen LogP contribution in [0.3, 0.4) is 0 Å². The van der Waals surface area contributed by atoms with Crippen molar-refractivity contribution in [1.82, 2.24) is 9.97 Å². The Balaban J connectivity index is 2.29. The van der Waals surface area contributed by atoms with Crippen LogP contribution in [-0.2, 0) is 0 Å². The van der Waals surface area contributed by atoms with Gasteiger partial charge in [0.1, 0.15) is 0 Å². The van der Waals surface area contributed by atoms with Gasteiger partial charge in [0.2, 0.25) is 0 Å². The highest BCUT2D eigenvalue weighted by Gasteiger charge is 2.13. The van der Waals surface area contributed by atoms with Crippen LogP contribution >= 0.6 is 0 Å². The fourth-order valence-corrected chi connectivity index (χ4v) is 2.47. The van der Waals surface area contributed by atoms with E-state index >= 15 is 0 Å². The van der Waals surface area contributed by atoms with E-state index in [1.807, 2.05) is 51.2 Å². The molecule has 20 heavy (non-hydrogen) atoms. The van der Waals surface area contributed by atoms with E-state index in [-0.39, 0.29) is 0 Å². The molecule has 0 aliphatic rings. The second-order valence-electron chi connectivity index (χ2n) is 4.81. The lowest BCUT2D eigenvalue weighted by Crippen LogP contribution is -2.16. The standard InChI is InChI=1S/C17H15BN2/c1-12-15(13-8-4-2-5-9-13)16(20-17(18)19-12)14-10-6-3-7-11-14/h2-11H,18H2,1H3. The van der Waals surface area contributed by atoms with Gasteiger partial charge in [0.05, 0.1) is 11.4 Å². The summed E-state index contributed by atoms with van der Waals surface area (Å²) in [4.78, 5) is 9.19. The van der Waals surface area contributed by atoms with Gasteiger partial charge in [0.15, 0.2) is 7.85 Å². The van der Waals surface area contributed by atoms with Crippen LogP contribution in [0.4, 0.5) is 0 Å². The summed E-state index contributed by atoms with van der Waals surface area (Å²) in [6, 6.07) is 20.6. The molecule has 2 nitrogen and oxygen atoms in total. The van der Waals surface area contributed by atoms with Crippen LogP contribution in [0.2, 0.25) is 0 Å². The van der Waals surface area contributed by atoms with Crippen molar-refractivity contribution in [3.8, 4) is 22.4 Å². The smallest absolute Gasteiger partial charge is 0.189 e. The zero-order chi connectivity index (χ0) is 13.9. The topological polar surface area (TPSA) is 25.8 Å². The van der Waals surface area contributed by atoms with Crippen LogP contribution in [0.1, 0.15) is 5.69 Å². The summed E-state index contributed by atoms with van der Waals surface area (Å²) in [6.07, 6.45) is 0. The summed E-state index contributed by atoms with van der Waals surface area (Å²) in [7, 11) is 1.94. The zero-order valence-corrected chi connectivity index (χ0v) is 11.7. The first-order chi connectivity index (χ1) is 9.75. The number of rotatable bonds is 2. The largest absolute Gasteiger partial charge is 0.249 e. The van der Waals surface area contributed by atoms with E-state index < -0.39 is 0 Å². The molecule has 0 fully saturated rings. The van der Waals surface area contributed by atoms with Crippen molar-refractivity contribution in [2.24, 2.45) is 0 Å². The number of hydrogen-bond acceptors (Lipinski definition) is 2. The summed E-state index contributed by atoms with van der Waals surface area (Å²) in [6.45, 7) is 2.05. The molecule has 1 heterocycles. The minimum atomic E-state index is 0.807. The molecule has 0 amide bonds. The summed E-state index contributed by atoms with van der Waals surface area (Å²) in [5, 5.41) is 0. The maximum absolute atomic E-state index is 4.67. The Bertz CT molecular complexity index is 725. The predicted molar refractivity (Wildman–Crippen MR) is 85.8 cm³/mol. The Labute approximate surface area is 120 Å². The van der Waals surface area contributed by atoms with E-state index in [9.17, 15) is 0 Å². The van der Waals surface area contributed by atoms with E-state index in [1.165, 1.54) is 0 Å². The van der Waals surface area contributed by atoms with Gasteiger partial charge in [0.25, 0.3) is 0 Å². The highest BCUT2D eigenvalue weighted by molar-refractivity contribution is 6.29. The van der Waals surface area contributed by atoms with Crippen molar-refractivity contribution in [2.75, 3.05) is 0 Å². The lowest BCUT2D eigenvalue weighted by atomic mass is 9.96. The molecule has 0 unspecified atom stereocenters. The van der Waals surface area contributed by atoms with Gasteiger partial charge < -0.3 is 0 Å². The first-order valence-corrected chi connectivity index (χ1v) is 6.72. The van der Waals surface area contributed by atoms with Gasteiger partial charge in [-0.15, -0.1) is 0 Å². The number of nitrogens with zero attached hydrogens (tertiary/aromatic N) is 2. The number of benzene rings is 2. The normalized spacial score (nSPS) is 10.4.